The van der Waals surface area contributed by atoms with Gasteiger partial charge in [0.25, 0.3) is 0 Å². The average molecular weight is 902 g/mol. The van der Waals surface area contributed by atoms with E-state index in [9.17, 15) is 19.3 Å². The molecule has 2 heterocycles. The van der Waals surface area contributed by atoms with Crippen molar-refractivity contribution in [2.24, 2.45) is 0 Å². The summed E-state index contributed by atoms with van der Waals surface area (Å²) in [7, 11) is -3.01. The molecule has 0 bridgehead atoms. The van der Waals surface area contributed by atoms with E-state index in [-0.39, 0.29) is 48.4 Å². The number of nitrogen functional groups attached to an aromatic ring is 1. The summed E-state index contributed by atoms with van der Waals surface area (Å²) in [6.45, 7) is 6.46. The predicted molar refractivity (Wildman–Crippen MR) is 239 cm³/mol. The Morgan fingerprint density at radius 1 is 0.952 bits per heavy atom. The molecular weight excluding hydrogens is 836 g/mol. The van der Waals surface area contributed by atoms with E-state index in [0.29, 0.717) is 23.2 Å². The molecule has 4 atom stereocenters. The molecule has 4 rings (SSSR count). The van der Waals surface area contributed by atoms with Gasteiger partial charge in [-0.05, 0) is 75.2 Å². The summed E-state index contributed by atoms with van der Waals surface area (Å²) in [5.74, 6) is -1.77. The Bertz CT molecular complexity index is 2040. The van der Waals surface area contributed by atoms with Crippen molar-refractivity contribution >= 4 is 30.8 Å². The van der Waals surface area contributed by atoms with Crippen molar-refractivity contribution in [3.63, 3.8) is 0 Å². The van der Waals surface area contributed by atoms with Crippen LogP contribution >= 0.6 is 19.4 Å². The first-order valence-electron chi connectivity index (χ1n) is 21.8. The van der Waals surface area contributed by atoms with Gasteiger partial charge in [0.15, 0.2) is 11.6 Å². The van der Waals surface area contributed by atoms with Crippen LogP contribution in [0.4, 0.5) is 10.2 Å². The van der Waals surface area contributed by atoms with Gasteiger partial charge in [0, 0.05) is 13.5 Å². The summed E-state index contributed by atoms with van der Waals surface area (Å²) in [6.07, 6.45) is 16.1. The van der Waals surface area contributed by atoms with E-state index in [1.165, 1.54) is 91.1 Å². The van der Waals surface area contributed by atoms with Crippen LogP contribution in [0.2, 0.25) is 5.02 Å². The number of phosphoric ester groups is 1. The Kier molecular flexibility index (Phi) is 21.1. The van der Waals surface area contributed by atoms with Gasteiger partial charge in [-0.1, -0.05) is 114 Å². The number of aromatic nitrogens is 3. The molecule has 4 aromatic rings. The Hall–Kier alpha value is -3.64. The van der Waals surface area contributed by atoms with Crippen molar-refractivity contribution in [2.75, 3.05) is 26.1 Å². The Morgan fingerprint density at radius 3 is 2.24 bits per heavy atom. The Morgan fingerprint density at radius 2 is 1.61 bits per heavy atom. The number of rotatable bonds is 31. The second-order valence-corrected chi connectivity index (χ2v) is 18.6. The van der Waals surface area contributed by atoms with Crippen molar-refractivity contribution in [1.29, 1.82) is 5.26 Å². The van der Waals surface area contributed by atoms with E-state index in [1.54, 1.807) is 53.9 Å². The predicted octanol–water partition coefficient (Wildman–Crippen LogP) is 11.8. The number of benzene rings is 2. The number of nitriles is 1. The number of ether oxygens (including phenoxy) is 3. The van der Waals surface area contributed by atoms with Gasteiger partial charge in [-0.3, -0.25) is 9.05 Å². The normalized spacial score (nSPS) is 14.9. The second kappa shape index (κ2) is 25.6. The molecule has 0 spiro atoms. The number of unbranched alkanes of at least 4 members (excludes halogenated alkanes) is 12. The summed E-state index contributed by atoms with van der Waals surface area (Å²) < 4.78 is 67.1. The van der Waals surface area contributed by atoms with Crippen LogP contribution < -0.4 is 10.3 Å². The number of methoxy groups -OCH3 is 1. The molecule has 0 radical (unpaired) electrons. The van der Waals surface area contributed by atoms with Gasteiger partial charge in [0.2, 0.25) is 0 Å². The number of hydrogen-bond acceptors (Lipinski definition) is 12. The van der Waals surface area contributed by atoms with Gasteiger partial charge < -0.3 is 29.6 Å². The molecule has 2 aromatic carbocycles. The first kappa shape index (κ1) is 51.0. The number of halogens is 2. The highest BCUT2D eigenvalue weighted by Gasteiger charge is 2.39. The molecule has 0 aliphatic heterocycles. The number of phosphoric acid groups is 1. The highest BCUT2D eigenvalue weighted by molar-refractivity contribution is 7.49. The summed E-state index contributed by atoms with van der Waals surface area (Å²) >= 11 is 6.46. The number of aliphatic hydroxyl groups is 1. The minimum Gasteiger partial charge on any atom is -0.402 e. The number of anilines is 1. The van der Waals surface area contributed by atoms with Crippen LogP contribution in [0.15, 0.2) is 60.9 Å². The van der Waals surface area contributed by atoms with E-state index in [1.807, 2.05) is 6.07 Å². The molecule has 342 valence electrons. The summed E-state index contributed by atoms with van der Waals surface area (Å²) in [6, 6.07) is 16.1. The number of nitrogens with two attached hydrogens (primary N) is 1. The Labute approximate surface area is 372 Å². The number of fused-ring (bicyclic) bond motifs is 1. The fourth-order valence-electron chi connectivity index (χ4n) is 7.10. The standard InChI is InChI=1S/C46H66ClFN5O8P/c1-6-7-8-9-10-11-12-13-14-15-16-17-18-21-38(57-31-36-26-35(30-49)27-37(48)28-36)32-58-62(55,61-42-23-20-19-22-39(42)47)59-33-46(4,56-5)29-43(60-45(2,3)54)40-24-25-41-44(50)51-34-52-53(40)41/h19-20,22-28,34,38,43,54H,6-18,21,29,31-33H2,1-5H3,(H2,50,51,52)/t38-,43-,46+,62?/m1/s1. The number of hydrogen-bond donors (Lipinski definition) is 2. The lowest BCUT2D eigenvalue weighted by Gasteiger charge is -2.35. The van der Waals surface area contributed by atoms with Crippen LogP contribution in [-0.2, 0) is 34.4 Å². The van der Waals surface area contributed by atoms with E-state index in [4.69, 9.17) is 45.1 Å². The van der Waals surface area contributed by atoms with Crippen LogP contribution in [0.5, 0.6) is 5.75 Å². The SMILES string of the molecule is CCCCCCCCCCCCCCC[C@H](COP(=O)(OC[C@](C)(C[C@@H](OC(C)(C)O)c1ccc2c(N)ncnn12)OC)Oc1ccccc1Cl)OCc1cc(F)cc(C#N)c1. The first-order valence-corrected chi connectivity index (χ1v) is 23.7. The molecule has 2 aromatic heterocycles. The molecule has 16 heteroatoms. The van der Waals surface area contributed by atoms with Crippen LogP contribution in [0.1, 0.15) is 147 Å². The van der Waals surface area contributed by atoms with Crippen molar-refractivity contribution in [2.45, 2.75) is 154 Å². The molecule has 13 nitrogen and oxygen atoms in total. The first-order chi connectivity index (χ1) is 29.7. The molecule has 3 N–H and O–H groups in total. The average Bonchev–Trinajstić information content (AvgIpc) is 3.68. The van der Waals surface area contributed by atoms with Crippen molar-refractivity contribution in [3.8, 4) is 11.8 Å². The maximum atomic E-state index is 14.7. The van der Waals surface area contributed by atoms with E-state index < -0.39 is 37.2 Å². The molecule has 1 unspecified atom stereocenters. The smallest absolute Gasteiger partial charge is 0.402 e. The maximum absolute atomic E-state index is 14.7. The zero-order valence-electron chi connectivity index (χ0n) is 37.0. The maximum Gasteiger partial charge on any atom is 0.530 e. The molecule has 0 aliphatic carbocycles. The van der Waals surface area contributed by atoms with Gasteiger partial charge in [-0.25, -0.2) is 18.5 Å². The number of nitrogens with zero attached hydrogens (tertiary/aromatic N) is 4. The molecule has 0 amide bonds. The molecule has 0 saturated heterocycles. The van der Waals surface area contributed by atoms with Crippen LogP contribution in [-0.4, -0.2) is 57.5 Å². The zero-order valence-corrected chi connectivity index (χ0v) is 38.7. The van der Waals surface area contributed by atoms with E-state index in [0.717, 1.165) is 31.7 Å². The highest BCUT2D eigenvalue weighted by Crippen LogP contribution is 2.52. The summed E-state index contributed by atoms with van der Waals surface area (Å²) in [5, 5.41) is 24.7. The largest absolute Gasteiger partial charge is 0.530 e. The van der Waals surface area contributed by atoms with E-state index >= 15 is 0 Å². The second-order valence-electron chi connectivity index (χ2n) is 16.6. The lowest BCUT2D eigenvalue weighted by atomic mass is 9.97. The fraction of sp³-hybridized carbons (Fsp3) is 0.587. The van der Waals surface area contributed by atoms with Gasteiger partial charge in [-0.15, -0.1) is 0 Å². The van der Waals surface area contributed by atoms with Gasteiger partial charge in [0.1, 0.15) is 29.5 Å². The third kappa shape index (κ3) is 17.5. The third-order valence-electron chi connectivity index (χ3n) is 10.6. The molecule has 0 saturated carbocycles. The zero-order chi connectivity index (χ0) is 45.0. The quantitative estimate of drug-likeness (QED) is 0.0278. The number of para-hydroxylation sites is 1. The summed E-state index contributed by atoms with van der Waals surface area (Å²) in [5.41, 5.74) is 6.66. The highest BCUT2D eigenvalue weighted by atomic mass is 35.5. The van der Waals surface area contributed by atoms with Gasteiger partial charge in [-0.2, -0.15) is 10.4 Å². The minimum atomic E-state index is -4.49. The minimum absolute atomic E-state index is 0.00916. The lowest BCUT2D eigenvalue weighted by molar-refractivity contribution is -0.221. The van der Waals surface area contributed by atoms with Crippen molar-refractivity contribution < 1.29 is 41.8 Å². The van der Waals surface area contributed by atoms with Gasteiger partial charge >= 0.3 is 7.82 Å². The Balaban J connectivity index is 1.47. The van der Waals surface area contributed by atoms with E-state index in [2.05, 4.69) is 17.0 Å². The third-order valence-corrected chi connectivity index (χ3v) is 12.2. The van der Waals surface area contributed by atoms with Crippen LogP contribution in [0.3, 0.4) is 0 Å². The summed E-state index contributed by atoms with van der Waals surface area (Å²) in [4.78, 5) is 4.06. The van der Waals surface area contributed by atoms with Crippen LogP contribution in [0.25, 0.3) is 5.52 Å². The molecule has 0 aliphatic rings. The molecule has 62 heavy (non-hydrogen) atoms. The lowest BCUT2D eigenvalue weighted by Crippen LogP contribution is -2.38. The molecular formula is C46H66ClFN5O8P. The monoisotopic (exact) mass is 901 g/mol. The molecule has 0 fully saturated rings. The topological polar surface area (TPSA) is 173 Å². The van der Waals surface area contributed by atoms with Crippen LogP contribution in [0, 0.1) is 17.1 Å². The fourth-order valence-corrected chi connectivity index (χ4v) is 8.69. The van der Waals surface area contributed by atoms with Crippen molar-refractivity contribution in [1.82, 2.24) is 14.6 Å². The van der Waals surface area contributed by atoms with Gasteiger partial charge in [0.05, 0.1) is 53.9 Å². The van der Waals surface area contributed by atoms with Crippen molar-refractivity contribution in [3.05, 3.63) is 88.6 Å².